The molecule has 0 amide bonds. The molecule has 2 unspecified atom stereocenters. The van der Waals surface area contributed by atoms with E-state index in [-0.39, 0.29) is 5.56 Å². The van der Waals surface area contributed by atoms with Crippen LogP contribution in [0.1, 0.15) is 29.6 Å². The first-order chi connectivity index (χ1) is 14.5. The van der Waals surface area contributed by atoms with Gasteiger partial charge in [0, 0.05) is 43.5 Å². The van der Waals surface area contributed by atoms with Crippen LogP contribution >= 0.6 is 11.6 Å². The molecular weight excluding hydrogens is 402 g/mol. The lowest BCUT2D eigenvalue weighted by molar-refractivity contribution is 0.0696. The maximum absolute atomic E-state index is 10.9. The molecule has 8 heteroatoms. The number of carbonyl (C=O) groups is 1. The Hall–Kier alpha value is -2.38. The van der Waals surface area contributed by atoms with E-state index < -0.39 is 5.97 Å². The number of likely N-dealkylation sites (N-methyl/N-ethyl adjacent to an activating group) is 1. The number of allylic oxidation sites excluding steroid dienone is 2. The number of carboxylic acids is 1. The average Bonchev–Trinajstić information content (AvgIpc) is 3.06. The summed E-state index contributed by atoms with van der Waals surface area (Å²) in [4.78, 5) is 23.7. The standard InChI is InChI=1S/C22H28ClN5O2/c1-27-14-16(19-10-18(23)2-3-20(19)27)4-7-24-11-15-5-8-28(9-6-15)22-25-12-17(13-26-22)21(29)30/h2-3,10,12-15,19-20,24H,4-9,11H2,1H3,(H,29,30). The summed E-state index contributed by atoms with van der Waals surface area (Å²) in [5.41, 5.74) is 1.56. The summed E-state index contributed by atoms with van der Waals surface area (Å²) in [5, 5.41) is 13.4. The van der Waals surface area contributed by atoms with Crippen molar-refractivity contribution in [3.05, 3.63) is 53.0 Å². The number of aromatic nitrogens is 2. The van der Waals surface area contributed by atoms with Gasteiger partial charge in [0.1, 0.15) is 0 Å². The van der Waals surface area contributed by atoms with Gasteiger partial charge in [-0.3, -0.25) is 0 Å². The molecule has 30 heavy (non-hydrogen) atoms. The second kappa shape index (κ2) is 9.18. The molecule has 4 rings (SSSR count). The van der Waals surface area contributed by atoms with Crippen LogP contribution in [0.15, 0.2) is 47.4 Å². The van der Waals surface area contributed by atoms with Gasteiger partial charge in [-0.15, -0.1) is 0 Å². The van der Waals surface area contributed by atoms with Gasteiger partial charge in [-0.1, -0.05) is 23.8 Å². The van der Waals surface area contributed by atoms with Crippen LogP contribution in [0.5, 0.6) is 0 Å². The zero-order valence-corrected chi connectivity index (χ0v) is 17.9. The van der Waals surface area contributed by atoms with E-state index in [2.05, 4.69) is 50.5 Å². The minimum Gasteiger partial charge on any atom is -0.478 e. The quantitative estimate of drug-likeness (QED) is 0.645. The molecule has 3 heterocycles. The van der Waals surface area contributed by atoms with Crippen molar-refractivity contribution in [3.8, 4) is 0 Å². The number of hydrogen-bond acceptors (Lipinski definition) is 6. The van der Waals surface area contributed by atoms with E-state index >= 15 is 0 Å². The van der Waals surface area contributed by atoms with Gasteiger partial charge >= 0.3 is 5.97 Å². The minimum atomic E-state index is -0.999. The zero-order valence-electron chi connectivity index (χ0n) is 17.2. The smallest absolute Gasteiger partial charge is 0.338 e. The summed E-state index contributed by atoms with van der Waals surface area (Å²) in [6.07, 6.45) is 14.6. The van der Waals surface area contributed by atoms with E-state index in [1.165, 1.54) is 18.0 Å². The first kappa shape index (κ1) is 20.9. The fourth-order valence-corrected chi connectivity index (χ4v) is 4.70. The lowest BCUT2D eigenvalue weighted by Crippen LogP contribution is -2.38. The number of aromatic carboxylic acids is 1. The maximum Gasteiger partial charge on any atom is 0.338 e. The van der Waals surface area contributed by atoms with Gasteiger partial charge in [-0.2, -0.15) is 0 Å². The van der Waals surface area contributed by atoms with Crippen LogP contribution in [-0.2, 0) is 0 Å². The zero-order chi connectivity index (χ0) is 21.1. The van der Waals surface area contributed by atoms with Crippen molar-refractivity contribution in [1.29, 1.82) is 0 Å². The Kier molecular flexibility index (Phi) is 6.39. The molecule has 0 saturated carbocycles. The molecule has 3 aliphatic rings. The molecule has 1 fully saturated rings. The van der Waals surface area contributed by atoms with Gasteiger partial charge in [-0.05, 0) is 56.1 Å². The summed E-state index contributed by atoms with van der Waals surface area (Å²) in [6, 6.07) is 0.401. The lowest BCUT2D eigenvalue weighted by Gasteiger charge is -2.32. The summed E-state index contributed by atoms with van der Waals surface area (Å²) in [7, 11) is 2.13. The third-order valence-corrected chi connectivity index (χ3v) is 6.49. The van der Waals surface area contributed by atoms with Gasteiger partial charge in [0.2, 0.25) is 5.95 Å². The molecule has 2 N–H and O–H groups in total. The molecule has 1 aliphatic carbocycles. The van der Waals surface area contributed by atoms with E-state index in [9.17, 15) is 4.79 Å². The Labute approximate surface area is 182 Å². The highest BCUT2D eigenvalue weighted by Crippen LogP contribution is 2.35. The normalized spacial score (nSPS) is 23.9. The fraction of sp³-hybridized carbons (Fsp3) is 0.500. The highest BCUT2D eigenvalue weighted by molar-refractivity contribution is 6.31. The molecular formula is C22H28ClN5O2. The predicted octanol–water partition coefficient (Wildman–Crippen LogP) is 2.88. The third-order valence-electron chi connectivity index (χ3n) is 6.23. The Morgan fingerprint density at radius 2 is 2.03 bits per heavy atom. The predicted molar refractivity (Wildman–Crippen MR) is 118 cm³/mol. The monoisotopic (exact) mass is 429 g/mol. The van der Waals surface area contributed by atoms with Crippen molar-refractivity contribution in [1.82, 2.24) is 20.2 Å². The van der Waals surface area contributed by atoms with Crippen molar-refractivity contribution in [2.75, 3.05) is 38.1 Å². The van der Waals surface area contributed by atoms with Gasteiger partial charge in [-0.25, -0.2) is 14.8 Å². The van der Waals surface area contributed by atoms with Crippen LogP contribution in [0.25, 0.3) is 0 Å². The van der Waals surface area contributed by atoms with Crippen LogP contribution < -0.4 is 10.2 Å². The molecule has 0 spiro atoms. The minimum absolute atomic E-state index is 0.120. The molecule has 2 aliphatic heterocycles. The van der Waals surface area contributed by atoms with Crippen LogP contribution in [0.2, 0.25) is 0 Å². The molecule has 7 nitrogen and oxygen atoms in total. The average molecular weight is 430 g/mol. The maximum atomic E-state index is 10.9. The van der Waals surface area contributed by atoms with Gasteiger partial charge < -0.3 is 20.2 Å². The van der Waals surface area contributed by atoms with Crippen LogP contribution in [0, 0.1) is 11.8 Å². The van der Waals surface area contributed by atoms with E-state index in [0.29, 0.717) is 23.8 Å². The van der Waals surface area contributed by atoms with Crippen molar-refractivity contribution in [3.63, 3.8) is 0 Å². The first-order valence-electron chi connectivity index (χ1n) is 10.5. The van der Waals surface area contributed by atoms with Crippen LogP contribution in [-0.4, -0.2) is 65.2 Å². The Balaban J connectivity index is 1.18. The molecule has 0 radical (unpaired) electrons. The van der Waals surface area contributed by atoms with Crippen molar-refractivity contribution >= 4 is 23.5 Å². The number of carboxylic acid groups (broad SMARTS) is 1. The molecule has 1 aromatic heterocycles. The molecule has 1 saturated heterocycles. The number of anilines is 1. The largest absolute Gasteiger partial charge is 0.478 e. The second-order valence-corrected chi connectivity index (χ2v) is 8.69. The van der Waals surface area contributed by atoms with Crippen molar-refractivity contribution < 1.29 is 9.90 Å². The number of hydrogen-bond donors (Lipinski definition) is 2. The highest BCUT2D eigenvalue weighted by atomic mass is 35.5. The topological polar surface area (TPSA) is 81.6 Å². The number of nitrogens with one attached hydrogen (secondary N) is 1. The van der Waals surface area contributed by atoms with Crippen molar-refractivity contribution in [2.45, 2.75) is 25.3 Å². The van der Waals surface area contributed by atoms with E-state index in [1.54, 1.807) is 0 Å². The second-order valence-electron chi connectivity index (χ2n) is 8.26. The van der Waals surface area contributed by atoms with Crippen molar-refractivity contribution in [2.24, 2.45) is 11.8 Å². The van der Waals surface area contributed by atoms with E-state index in [0.717, 1.165) is 50.5 Å². The third kappa shape index (κ3) is 4.68. The number of nitrogens with zero attached hydrogens (tertiary/aromatic N) is 4. The molecule has 0 bridgehead atoms. The van der Waals surface area contributed by atoms with Gasteiger partial charge in [0.25, 0.3) is 0 Å². The molecule has 2 atom stereocenters. The SMILES string of the molecule is CN1C=C(CCNCC2CCN(c3ncc(C(=O)O)cn3)CC2)C2C=C(Cl)C=CC21. The molecule has 1 aromatic rings. The Morgan fingerprint density at radius 3 is 2.73 bits per heavy atom. The van der Waals surface area contributed by atoms with Gasteiger partial charge in [0.05, 0.1) is 11.6 Å². The number of halogens is 1. The molecule has 0 aromatic carbocycles. The summed E-state index contributed by atoms with van der Waals surface area (Å²) < 4.78 is 0. The number of fused-ring (bicyclic) bond motifs is 1. The Morgan fingerprint density at radius 1 is 1.30 bits per heavy atom. The van der Waals surface area contributed by atoms with E-state index in [1.807, 2.05) is 6.08 Å². The number of piperidine rings is 1. The fourth-order valence-electron chi connectivity index (χ4n) is 4.49. The van der Waals surface area contributed by atoms with Crippen LogP contribution in [0.3, 0.4) is 0 Å². The summed E-state index contributed by atoms with van der Waals surface area (Å²) in [5.74, 6) is 0.650. The first-order valence-corrected chi connectivity index (χ1v) is 10.9. The lowest BCUT2D eigenvalue weighted by atomic mass is 9.89. The number of rotatable bonds is 7. The summed E-state index contributed by atoms with van der Waals surface area (Å²) >= 11 is 6.21. The van der Waals surface area contributed by atoms with Gasteiger partial charge in [0.15, 0.2) is 0 Å². The Bertz CT molecular complexity index is 859. The highest BCUT2D eigenvalue weighted by Gasteiger charge is 2.31. The van der Waals surface area contributed by atoms with Crippen LogP contribution in [0.4, 0.5) is 5.95 Å². The summed E-state index contributed by atoms with van der Waals surface area (Å²) in [6.45, 7) is 3.78. The molecule has 160 valence electrons. The van der Waals surface area contributed by atoms with E-state index in [4.69, 9.17) is 16.7 Å².